The monoisotopic (exact) mass is 466 g/mol. The van der Waals surface area contributed by atoms with Crippen molar-refractivity contribution in [1.29, 1.82) is 0 Å². The molecule has 0 saturated heterocycles. The molecule has 0 radical (unpaired) electrons. The van der Waals surface area contributed by atoms with Gasteiger partial charge in [-0.25, -0.2) is 4.68 Å². The fourth-order valence-corrected chi connectivity index (χ4v) is 5.58. The molecule has 2 aliphatic rings. The summed E-state index contributed by atoms with van der Waals surface area (Å²) in [7, 11) is 3.20. The van der Waals surface area contributed by atoms with Crippen molar-refractivity contribution in [1.82, 2.24) is 30.5 Å². The van der Waals surface area contributed by atoms with Crippen molar-refractivity contribution in [3.63, 3.8) is 0 Å². The Balaban J connectivity index is 1.56. The zero-order chi connectivity index (χ0) is 23.5. The number of hydrogen-bond acceptors (Lipinski definition) is 7. The van der Waals surface area contributed by atoms with E-state index in [0.29, 0.717) is 34.3 Å². The molecule has 2 saturated carbocycles. The van der Waals surface area contributed by atoms with Crippen LogP contribution in [0.25, 0.3) is 10.9 Å². The first-order chi connectivity index (χ1) is 16.7. The standard InChI is InChI=1S/C25H34N6O3/c1-33-21-13-17-12-19(25(32)27-20(17)14-22(21)34-2)23(26-15-16-8-4-3-5-9-16)24-28-29-30-31(24)18-10-6-7-11-18/h12-14,16,18,23,26H,3-11,15H2,1-2H3,(H,27,32). The van der Waals surface area contributed by atoms with Gasteiger partial charge in [-0.3, -0.25) is 4.79 Å². The SMILES string of the molecule is COc1cc2cc(C(NCC3CCCCC3)c3nnnn3C3CCCC3)c(=O)[nH]c2cc1OC. The summed E-state index contributed by atoms with van der Waals surface area (Å²) in [4.78, 5) is 16.4. The fraction of sp³-hybridized carbons (Fsp3) is 0.600. The Hall–Kier alpha value is -2.94. The Labute approximate surface area is 199 Å². The minimum atomic E-state index is -0.390. The predicted molar refractivity (Wildman–Crippen MR) is 129 cm³/mol. The van der Waals surface area contributed by atoms with Crippen LogP contribution < -0.4 is 20.3 Å². The molecule has 0 bridgehead atoms. The van der Waals surface area contributed by atoms with Crippen molar-refractivity contribution in [3.8, 4) is 11.5 Å². The zero-order valence-corrected chi connectivity index (χ0v) is 20.0. The molecule has 2 fully saturated rings. The van der Waals surface area contributed by atoms with E-state index in [0.717, 1.165) is 24.8 Å². The summed E-state index contributed by atoms with van der Waals surface area (Å²) >= 11 is 0. The van der Waals surface area contributed by atoms with E-state index in [2.05, 4.69) is 25.8 Å². The van der Waals surface area contributed by atoms with Crippen LogP contribution in [0, 0.1) is 5.92 Å². The molecule has 9 nitrogen and oxygen atoms in total. The van der Waals surface area contributed by atoms with Crippen LogP contribution in [0.5, 0.6) is 11.5 Å². The number of ether oxygens (including phenoxy) is 2. The van der Waals surface area contributed by atoms with Crippen molar-refractivity contribution < 1.29 is 9.47 Å². The molecular formula is C25H34N6O3. The number of hydrogen-bond donors (Lipinski definition) is 2. The predicted octanol–water partition coefficient (Wildman–Crippen LogP) is 3.91. The van der Waals surface area contributed by atoms with Crippen molar-refractivity contribution in [2.45, 2.75) is 69.9 Å². The smallest absolute Gasteiger partial charge is 0.253 e. The molecule has 1 aromatic carbocycles. The van der Waals surface area contributed by atoms with Gasteiger partial charge in [-0.2, -0.15) is 0 Å². The second-order valence-corrected chi connectivity index (χ2v) is 9.61. The fourth-order valence-electron chi connectivity index (χ4n) is 5.58. The number of benzene rings is 1. The van der Waals surface area contributed by atoms with E-state index in [9.17, 15) is 4.79 Å². The lowest BCUT2D eigenvalue weighted by molar-refractivity contribution is 0.327. The molecule has 1 atom stereocenters. The summed E-state index contributed by atoms with van der Waals surface area (Å²) in [5, 5.41) is 17.4. The summed E-state index contributed by atoms with van der Waals surface area (Å²) in [6.07, 6.45) is 10.8. The summed E-state index contributed by atoms with van der Waals surface area (Å²) in [5.74, 6) is 2.52. The molecule has 9 heteroatoms. The first-order valence-electron chi connectivity index (χ1n) is 12.5. The maximum atomic E-state index is 13.4. The van der Waals surface area contributed by atoms with Crippen LogP contribution in [0.15, 0.2) is 23.0 Å². The van der Waals surface area contributed by atoms with Gasteiger partial charge in [-0.15, -0.1) is 5.10 Å². The molecule has 2 heterocycles. The molecule has 5 rings (SSSR count). The highest BCUT2D eigenvalue weighted by Gasteiger charge is 2.29. The minimum absolute atomic E-state index is 0.151. The van der Waals surface area contributed by atoms with Crippen LogP contribution in [0.2, 0.25) is 0 Å². The Morgan fingerprint density at radius 3 is 2.47 bits per heavy atom. The van der Waals surface area contributed by atoms with Gasteiger partial charge >= 0.3 is 0 Å². The van der Waals surface area contributed by atoms with Gasteiger partial charge in [0.05, 0.1) is 25.8 Å². The van der Waals surface area contributed by atoms with E-state index in [1.807, 2.05) is 16.8 Å². The molecule has 0 aliphatic heterocycles. The van der Waals surface area contributed by atoms with Crippen LogP contribution >= 0.6 is 0 Å². The highest BCUT2D eigenvalue weighted by Crippen LogP contribution is 2.34. The van der Waals surface area contributed by atoms with Gasteiger partial charge in [-0.1, -0.05) is 32.1 Å². The molecule has 182 valence electrons. The van der Waals surface area contributed by atoms with Crippen molar-refractivity contribution in [3.05, 3.63) is 39.9 Å². The van der Waals surface area contributed by atoms with E-state index < -0.39 is 6.04 Å². The average Bonchev–Trinajstić information content (AvgIpc) is 3.56. The van der Waals surface area contributed by atoms with Gasteiger partial charge in [0, 0.05) is 17.0 Å². The van der Waals surface area contributed by atoms with Gasteiger partial charge in [0.1, 0.15) is 6.04 Å². The summed E-state index contributed by atoms with van der Waals surface area (Å²) in [5.41, 5.74) is 1.17. The van der Waals surface area contributed by atoms with Crippen LogP contribution in [0.1, 0.15) is 81.3 Å². The Morgan fingerprint density at radius 2 is 1.74 bits per heavy atom. The third-order valence-corrected chi connectivity index (χ3v) is 7.47. The van der Waals surface area contributed by atoms with Crippen LogP contribution in [0.3, 0.4) is 0 Å². The Morgan fingerprint density at radius 1 is 1.03 bits per heavy atom. The molecule has 0 amide bonds. The first kappa shape index (κ1) is 22.8. The molecule has 2 aliphatic carbocycles. The second kappa shape index (κ2) is 10.1. The van der Waals surface area contributed by atoms with Gasteiger partial charge < -0.3 is 19.8 Å². The maximum absolute atomic E-state index is 13.4. The maximum Gasteiger partial charge on any atom is 0.253 e. The molecule has 3 aromatic rings. The lowest BCUT2D eigenvalue weighted by Gasteiger charge is -2.26. The van der Waals surface area contributed by atoms with E-state index >= 15 is 0 Å². The van der Waals surface area contributed by atoms with E-state index in [1.165, 1.54) is 44.9 Å². The normalized spacial score (nSPS) is 18.4. The van der Waals surface area contributed by atoms with E-state index in [-0.39, 0.29) is 11.6 Å². The largest absolute Gasteiger partial charge is 0.493 e. The van der Waals surface area contributed by atoms with Crippen LogP contribution in [-0.2, 0) is 0 Å². The second-order valence-electron chi connectivity index (χ2n) is 9.61. The Bertz CT molecular complexity index is 1180. The van der Waals surface area contributed by atoms with Gasteiger partial charge in [0.2, 0.25) is 0 Å². The first-order valence-corrected chi connectivity index (χ1v) is 12.5. The van der Waals surface area contributed by atoms with E-state index in [4.69, 9.17) is 9.47 Å². The molecule has 1 unspecified atom stereocenters. The number of H-pyrrole nitrogens is 1. The molecule has 0 spiro atoms. The highest BCUT2D eigenvalue weighted by molar-refractivity contribution is 5.83. The third kappa shape index (κ3) is 4.53. The molecule has 2 N–H and O–H groups in total. The van der Waals surface area contributed by atoms with Crippen molar-refractivity contribution in [2.75, 3.05) is 20.8 Å². The number of nitrogens with zero attached hydrogens (tertiary/aromatic N) is 4. The number of pyridine rings is 1. The topological polar surface area (TPSA) is 107 Å². The van der Waals surface area contributed by atoms with Gasteiger partial charge in [-0.05, 0) is 60.7 Å². The van der Waals surface area contributed by atoms with Gasteiger partial charge in [0.15, 0.2) is 17.3 Å². The van der Waals surface area contributed by atoms with Crippen LogP contribution in [0.4, 0.5) is 0 Å². The number of nitrogens with one attached hydrogen (secondary N) is 2. The number of methoxy groups -OCH3 is 2. The zero-order valence-electron chi connectivity index (χ0n) is 20.0. The lowest BCUT2D eigenvalue weighted by Crippen LogP contribution is -2.35. The van der Waals surface area contributed by atoms with Crippen molar-refractivity contribution in [2.24, 2.45) is 5.92 Å². The molecule has 34 heavy (non-hydrogen) atoms. The average molecular weight is 467 g/mol. The number of aromatic nitrogens is 5. The highest BCUT2D eigenvalue weighted by atomic mass is 16.5. The number of tetrazole rings is 1. The third-order valence-electron chi connectivity index (χ3n) is 7.47. The number of fused-ring (bicyclic) bond motifs is 1. The molecular weight excluding hydrogens is 432 g/mol. The number of rotatable bonds is 8. The number of aromatic amines is 1. The van der Waals surface area contributed by atoms with Gasteiger partial charge in [0.25, 0.3) is 5.56 Å². The van der Waals surface area contributed by atoms with Crippen molar-refractivity contribution >= 4 is 10.9 Å². The summed E-state index contributed by atoms with van der Waals surface area (Å²) in [6, 6.07) is 5.52. The van der Waals surface area contributed by atoms with Crippen LogP contribution in [-0.4, -0.2) is 46.0 Å². The minimum Gasteiger partial charge on any atom is -0.493 e. The summed E-state index contributed by atoms with van der Waals surface area (Å²) < 4.78 is 12.8. The molecule has 2 aromatic heterocycles. The lowest BCUT2D eigenvalue weighted by atomic mass is 9.89. The van der Waals surface area contributed by atoms with E-state index in [1.54, 1.807) is 20.3 Å². The quantitative estimate of drug-likeness (QED) is 0.518. The Kier molecular flexibility index (Phi) is 6.80. The summed E-state index contributed by atoms with van der Waals surface area (Å²) in [6.45, 7) is 0.839.